The number of aliphatic carboxylic acids is 1. The quantitative estimate of drug-likeness (QED) is 0.146. The molecule has 0 saturated heterocycles. The maximum Gasteiger partial charge on any atom is 0.328 e. The first-order valence-corrected chi connectivity index (χ1v) is 5.80. The molecule has 0 aromatic rings. The standard InChI is InChI=1S/C10H21N5O4/c1-5(16)7(9(18)19)15-8(17)6(11)3-2-4-14-10(12)13/h5-7,16H,2-4,11H2,1H3,(H,15,17)(H,18,19)(H4,12,13,14)/t5-,6+,7+/m1/s1. The molecule has 0 aromatic carbocycles. The highest BCUT2D eigenvalue weighted by molar-refractivity contribution is 5.87. The minimum absolute atomic E-state index is 0.168. The minimum Gasteiger partial charge on any atom is -0.480 e. The Morgan fingerprint density at radius 3 is 2.42 bits per heavy atom. The highest BCUT2D eigenvalue weighted by atomic mass is 16.4. The van der Waals surface area contributed by atoms with Gasteiger partial charge in [-0.3, -0.25) is 10.2 Å². The van der Waals surface area contributed by atoms with Crippen molar-refractivity contribution in [3.63, 3.8) is 0 Å². The van der Waals surface area contributed by atoms with Crippen LogP contribution in [0.3, 0.4) is 0 Å². The van der Waals surface area contributed by atoms with Gasteiger partial charge in [-0.05, 0) is 19.8 Å². The number of hydrogen-bond acceptors (Lipinski definition) is 5. The van der Waals surface area contributed by atoms with Crippen LogP contribution in [-0.4, -0.2) is 52.8 Å². The topological polar surface area (TPSA) is 175 Å². The van der Waals surface area contributed by atoms with E-state index in [9.17, 15) is 14.7 Å². The van der Waals surface area contributed by atoms with Crippen LogP contribution in [0.25, 0.3) is 0 Å². The molecule has 0 spiro atoms. The Morgan fingerprint density at radius 2 is 2.00 bits per heavy atom. The fourth-order valence-corrected chi connectivity index (χ4v) is 1.33. The van der Waals surface area contributed by atoms with Crippen LogP contribution < -0.4 is 22.1 Å². The van der Waals surface area contributed by atoms with Gasteiger partial charge in [0, 0.05) is 6.54 Å². The predicted molar refractivity (Wildman–Crippen MR) is 68.4 cm³/mol. The van der Waals surface area contributed by atoms with Gasteiger partial charge in [0.15, 0.2) is 12.0 Å². The number of carboxylic acid groups (broad SMARTS) is 1. The Morgan fingerprint density at radius 1 is 1.42 bits per heavy atom. The van der Waals surface area contributed by atoms with E-state index in [1.165, 1.54) is 6.92 Å². The lowest BCUT2D eigenvalue weighted by Gasteiger charge is -2.19. The number of nitrogens with one attached hydrogen (secondary N) is 3. The third kappa shape index (κ3) is 7.21. The van der Waals surface area contributed by atoms with Gasteiger partial charge in [0.05, 0.1) is 12.1 Å². The summed E-state index contributed by atoms with van der Waals surface area (Å²) < 4.78 is 0. The summed E-state index contributed by atoms with van der Waals surface area (Å²) in [6.45, 7) is 1.66. The molecule has 0 saturated carbocycles. The van der Waals surface area contributed by atoms with Crippen molar-refractivity contribution in [1.29, 1.82) is 5.41 Å². The number of guanidine groups is 1. The van der Waals surface area contributed by atoms with Crippen molar-refractivity contribution in [2.45, 2.75) is 38.0 Å². The number of carbonyl (C=O) groups is 2. The molecule has 0 unspecified atom stereocenters. The van der Waals surface area contributed by atoms with Crippen molar-refractivity contribution in [2.24, 2.45) is 11.5 Å². The van der Waals surface area contributed by atoms with Crippen LogP contribution in [0.2, 0.25) is 0 Å². The van der Waals surface area contributed by atoms with E-state index in [0.29, 0.717) is 19.4 Å². The SMILES string of the molecule is C[C@@H](O)[C@H](NC(=O)[C@@H](N)CCCNC(=N)N)C(=O)O. The maximum absolute atomic E-state index is 11.6. The van der Waals surface area contributed by atoms with Crippen LogP contribution in [0.1, 0.15) is 19.8 Å². The molecule has 0 rings (SSSR count). The first kappa shape index (κ1) is 17.1. The molecule has 0 aromatic heterocycles. The second-order valence-electron chi connectivity index (χ2n) is 4.15. The van der Waals surface area contributed by atoms with Crippen molar-refractivity contribution in [3.8, 4) is 0 Å². The van der Waals surface area contributed by atoms with Gasteiger partial charge in [-0.15, -0.1) is 0 Å². The van der Waals surface area contributed by atoms with Crippen molar-refractivity contribution < 1.29 is 19.8 Å². The number of aliphatic hydroxyl groups is 1. The number of amides is 1. The molecule has 0 heterocycles. The molecule has 19 heavy (non-hydrogen) atoms. The molecule has 0 fully saturated rings. The number of nitrogens with two attached hydrogens (primary N) is 2. The average molecular weight is 275 g/mol. The molecule has 0 radical (unpaired) electrons. The third-order valence-corrected chi connectivity index (χ3v) is 2.39. The fourth-order valence-electron chi connectivity index (χ4n) is 1.33. The molecule has 3 atom stereocenters. The number of carbonyl (C=O) groups excluding carboxylic acids is 1. The molecule has 0 bridgehead atoms. The van der Waals surface area contributed by atoms with Gasteiger partial charge in [-0.2, -0.15) is 0 Å². The largest absolute Gasteiger partial charge is 0.480 e. The molecule has 110 valence electrons. The number of rotatable bonds is 8. The molecule has 9 heteroatoms. The van der Waals surface area contributed by atoms with Gasteiger partial charge in [0.2, 0.25) is 5.91 Å². The van der Waals surface area contributed by atoms with Crippen molar-refractivity contribution in [1.82, 2.24) is 10.6 Å². The van der Waals surface area contributed by atoms with Crippen molar-refractivity contribution >= 4 is 17.8 Å². The van der Waals surface area contributed by atoms with E-state index >= 15 is 0 Å². The number of aliphatic hydroxyl groups excluding tert-OH is 1. The Kier molecular flexibility index (Phi) is 7.46. The zero-order valence-electron chi connectivity index (χ0n) is 10.7. The number of hydrogen-bond donors (Lipinski definition) is 7. The third-order valence-electron chi connectivity index (χ3n) is 2.39. The predicted octanol–water partition coefficient (Wildman–Crippen LogP) is -2.47. The molecule has 0 aliphatic rings. The Labute approximate surface area is 110 Å². The lowest BCUT2D eigenvalue weighted by Crippen LogP contribution is -2.52. The van der Waals surface area contributed by atoms with E-state index in [1.807, 2.05) is 0 Å². The lowest BCUT2D eigenvalue weighted by molar-refractivity contribution is -0.145. The van der Waals surface area contributed by atoms with E-state index < -0.39 is 30.1 Å². The van der Waals surface area contributed by atoms with E-state index in [4.69, 9.17) is 22.0 Å². The summed E-state index contributed by atoms with van der Waals surface area (Å²) in [5.74, 6) is -2.14. The molecule has 9 nitrogen and oxygen atoms in total. The van der Waals surface area contributed by atoms with Crippen LogP contribution in [0.4, 0.5) is 0 Å². The lowest BCUT2D eigenvalue weighted by atomic mass is 10.1. The summed E-state index contributed by atoms with van der Waals surface area (Å²) in [4.78, 5) is 22.4. The van der Waals surface area contributed by atoms with Gasteiger partial charge in [-0.1, -0.05) is 0 Å². The van der Waals surface area contributed by atoms with Crippen LogP contribution in [0.5, 0.6) is 0 Å². The van der Waals surface area contributed by atoms with Gasteiger partial charge >= 0.3 is 5.97 Å². The Balaban J connectivity index is 4.11. The summed E-state index contributed by atoms with van der Waals surface area (Å²) in [6.07, 6.45) is -0.410. The van der Waals surface area contributed by atoms with Gasteiger partial charge < -0.3 is 32.3 Å². The average Bonchev–Trinajstić information content (AvgIpc) is 2.29. The summed E-state index contributed by atoms with van der Waals surface area (Å²) >= 11 is 0. The molecule has 9 N–H and O–H groups in total. The first-order valence-electron chi connectivity index (χ1n) is 5.80. The smallest absolute Gasteiger partial charge is 0.328 e. The van der Waals surface area contributed by atoms with E-state index in [1.54, 1.807) is 0 Å². The Hall–Kier alpha value is -1.87. The van der Waals surface area contributed by atoms with Gasteiger partial charge in [0.1, 0.15) is 0 Å². The van der Waals surface area contributed by atoms with E-state index in [2.05, 4.69) is 10.6 Å². The normalized spacial score (nSPS) is 15.1. The first-order chi connectivity index (χ1) is 8.75. The molecular weight excluding hydrogens is 254 g/mol. The van der Waals surface area contributed by atoms with Gasteiger partial charge in [-0.25, -0.2) is 4.79 Å². The second-order valence-corrected chi connectivity index (χ2v) is 4.15. The van der Waals surface area contributed by atoms with Crippen molar-refractivity contribution in [2.75, 3.05) is 6.54 Å². The Bertz CT molecular complexity index is 334. The highest BCUT2D eigenvalue weighted by Crippen LogP contribution is 1.98. The van der Waals surface area contributed by atoms with Crippen LogP contribution in [0, 0.1) is 5.41 Å². The van der Waals surface area contributed by atoms with E-state index in [-0.39, 0.29) is 5.96 Å². The summed E-state index contributed by atoms with van der Waals surface area (Å²) in [5.41, 5.74) is 10.7. The summed E-state index contributed by atoms with van der Waals surface area (Å²) in [7, 11) is 0. The summed E-state index contributed by atoms with van der Waals surface area (Å²) in [6, 6.07) is -2.26. The molecule has 0 aliphatic heterocycles. The van der Waals surface area contributed by atoms with Crippen molar-refractivity contribution in [3.05, 3.63) is 0 Å². The minimum atomic E-state index is -1.38. The monoisotopic (exact) mass is 275 g/mol. The van der Waals surface area contributed by atoms with Gasteiger partial charge in [0.25, 0.3) is 0 Å². The molecule has 1 amide bonds. The zero-order valence-corrected chi connectivity index (χ0v) is 10.7. The fraction of sp³-hybridized carbons (Fsp3) is 0.700. The molecular formula is C10H21N5O4. The summed E-state index contributed by atoms with van der Waals surface area (Å²) in [5, 5.41) is 29.6. The van der Waals surface area contributed by atoms with E-state index in [0.717, 1.165) is 0 Å². The van der Waals surface area contributed by atoms with Crippen LogP contribution in [0.15, 0.2) is 0 Å². The van der Waals surface area contributed by atoms with Crippen LogP contribution >= 0.6 is 0 Å². The number of carboxylic acids is 1. The molecule has 0 aliphatic carbocycles. The van der Waals surface area contributed by atoms with Crippen LogP contribution in [-0.2, 0) is 9.59 Å². The highest BCUT2D eigenvalue weighted by Gasteiger charge is 2.26. The maximum atomic E-state index is 11.6. The second kappa shape index (κ2) is 8.27. The zero-order chi connectivity index (χ0) is 15.0.